The highest BCUT2D eigenvalue weighted by atomic mass is 16.2. The second-order valence-corrected chi connectivity index (χ2v) is 6.05. The van der Waals surface area contributed by atoms with Crippen LogP contribution >= 0.6 is 0 Å². The van der Waals surface area contributed by atoms with Gasteiger partial charge in [0.15, 0.2) is 0 Å². The van der Waals surface area contributed by atoms with Crippen LogP contribution in [0.15, 0.2) is 54.9 Å². The van der Waals surface area contributed by atoms with Crippen LogP contribution < -0.4 is 5.32 Å². The predicted octanol–water partition coefficient (Wildman–Crippen LogP) is 1.68. The van der Waals surface area contributed by atoms with Crippen molar-refractivity contribution in [3.8, 4) is 0 Å². The molecule has 130 valence electrons. The van der Waals surface area contributed by atoms with Gasteiger partial charge in [0.05, 0.1) is 6.42 Å². The Morgan fingerprint density at radius 2 is 1.60 bits per heavy atom. The number of nitrogens with one attached hydrogen (secondary N) is 1. The van der Waals surface area contributed by atoms with Crippen molar-refractivity contribution in [1.29, 1.82) is 0 Å². The maximum absolute atomic E-state index is 12.3. The molecule has 2 aromatic rings. The molecule has 1 aromatic carbocycles. The molecule has 1 N–H and O–H groups in total. The first-order valence-corrected chi connectivity index (χ1v) is 8.46. The summed E-state index contributed by atoms with van der Waals surface area (Å²) in [6.45, 7) is 2.76. The fourth-order valence-electron chi connectivity index (χ4n) is 2.83. The molecule has 1 fully saturated rings. The van der Waals surface area contributed by atoms with Gasteiger partial charge in [0.25, 0.3) is 0 Å². The molecule has 0 aliphatic carbocycles. The third-order valence-corrected chi connectivity index (χ3v) is 4.28. The van der Waals surface area contributed by atoms with Crippen molar-refractivity contribution in [2.24, 2.45) is 0 Å². The molecule has 0 atom stereocenters. The smallest absolute Gasteiger partial charge is 0.317 e. The van der Waals surface area contributed by atoms with E-state index in [4.69, 9.17) is 0 Å². The third-order valence-electron chi connectivity index (χ3n) is 4.28. The molecule has 6 heteroatoms. The van der Waals surface area contributed by atoms with E-state index in [1.807, 2.05) is 47.4 Å². The van der Waals surface area contributed by atoms with Gasteiger partial charge in [-0.3, -0.25) is 9.78 Å². The Bertz CT molecular complexity index is 698. The van der Waals surface area contributed by atoms with Crippen LogP contribution in [0, 0.1) is 0 Å². The number of piperazine rings is 1. The normalized spacial score (nSPS) is 14.2. The van der Waals surface area contributed by atoms with Gasteiger partial charge in [0.1, 0.15) is 0 Å². The Kier molecular flexibility index (Phi) is 5.61. The minimum absolute atomic E-state index is 0.0804. The van der Waals surface area contributed by atoms with Crippen LogP contribution in [-0.4, -0.2) is 52.9 Å². The third kappa shape index (κ3) is 4.79. The van der Waals surface area contributed by atoms with Gasteiger partial charge in [-0.05, 0) is 17.2 Å². The maximum Gasteiger partial charge on any atom is 0.317 e. The molecule has 1 saturated heterocycles. The quantitative estimate of drug-likeness (QED) is 0.922. The number of carbonyl (C=O) groups is 2. The summed E-state index contributed by atoms with van der Waals surface area (Å²) in [5, 5.41) is 2.93. The largest absolute Gasteiger partial charge is 0.339 e. The Morgan fingerprint density at radius 1 is 0.920 bits per heavy atom. The number of hydrogen-bond donors (Lipinski definition) is 1. The molecule has 2 heterocycles. The molecule has 1 aliphatic heterocycles. The van der Waals surface area contributed by atoms with Crippen LogP contribution in [0.1, 0.15) is 11.1 Å². The van der Waals surface area contributed by atoms with E-state index in [1.54, 1.807) is 17.3 Å². The summed E-state index contributed by atoms with van der Waals surface area (Å²) in [7, 11) is 0. The Morgan fingerprint density at radius 3 is 2.28 bits per heavy atom. The van der Waals surface area contributed by atoms with Crippen LogP contribution in [0.4, 0.5) is 4.79 Å². The van der Waals surface area contributed by atoms with Crippen molar-refractivity contribution in [3.05, 3.63) is 66.0 Å². The topological polar surface area (TPSA) is 65.5 Å². The molecule has 0 saturated carbocycles. The van der Waals surface area contributed by atoms with Crippen molar-refractivity contribution >= 4 is 11.9 Å². The number of rotatable bonds is 4. The monoisotopic (exact) mass is 338 g/mol. The molecular formula is C19H22N4O2. The highest BCUT2D eigenvalue weighted by Gasteiger charge is 2.23. The van der Waals surface area contributed by atoms with Crippen molar-refractivity contribution in [3.63, 3.8) is 0 Å². The first-order valence-electron chi connectivity index (χ1n) is 8.46. The minimum atomic E-state index is -0.0804. The molecule has 1 aliphatic rings. The summed E-state index contributed by atoms with van der Waals surface area (Å²) in [4.78, 5) is 32.2. The van der Waals surface area contributed by atoms with Gasteiger partial charge in [-0.15, -0.1) is 0 Å². The number of hydrogen-bond acceptors (Lipinski definition) is 3. The fourth-order valence-corrected chi connectivity index (χ4v) is 2.83. The average Bonchev–Trinajstić information content (AvgIpc) is 2.68. The van der Waals surface area contributed by atoms with E-state index >= 15 is 0 Å². The highest BCUT2D eigenvalue weighted by Crippen LogP contribution is 2.07. The van der Waals surface area contributed by atoms with E-state index in [1.165, 1.54) is 0 Å². The van der Waals surface area contributed by atoms with Gasteiger partial charge in [-0.2, -0.15) is 0 Å². The molecule has 0 bridgehead atoms. The van der Waals surface area contributed by atoms with Crippen LogP contribution in [0.5, 0.6) is 0 Å². The number of carbonyl (C=O) groups excluding carboxylic acids is 2. The van der Waals surface area contributed by atoms with Crippen molar-refractivity contribution in [2.45, 2.75) is 13.0 Å². The molecular weight excluding hydrogens is 316 g/mol. The van der Waals surface area contributed by atoms with Crippen LogP contribution in [-0.2, 0) is 17.8 Å². The zero-order chi connectivity index (χ0) is 17.5. The van der Waals surface area contributed by atoms with E-state index in [9.17, 15) is 9.59 Å². The Balaban J connectivity index is 1.43. The SMILES string of the molecule is O=C(Cc1cccnc1)N1CCN(C(=O)NCc2ccccc2)CC1. The van der Waals surface area contributed by atoms with Crippen LogP contribution in [0.2, 0.25) is 0 Å². The second kappa shape index (κ2) is 8.28. The fraction of sp³-hybridized carbons (Fsp3) is 0.316. The van der Waals surface area contributed by atoms with E-state index in [0.717, 1.165) is 11.1 Å². The molecule has 3 amide bonds. The molecule has 0 unspecified atom stereocenters. The van der Waals surface area contributed by atoms with Gasteiger partial charge >= 0.3 is 6.03 Å². The summed E-state index contributed by atoms with van der Waals surface area (Å²) < 4.78 is 0. The van der Waals surface area contributed by atoms with Gasteiger partial charge in [0.2, 0.25) is 5.91 Å². The van der Waals surface area contributed by atoms with E-state index in [2.05, 4.69) is 10.3 Å². The molecule has 1 aromatic heterocycles. The number of amides is 3. The minimum Gasteiger partial charge on any atom is -0.339 e. The van der Waals surface area contributed by atoms with Gasteiger partial charge in [0, 0.05) is 45.1 Å². The van der Waals surface area contributed by atoms with Gasteiger partial charge in [-0.25, -0.2) is 4.79 Å². The second-order valence-electron chi connectivity index (χ2n) is 6.05. The van der Waals surface area contributed by atoms with Crippen molar-refractivity contribution in [1.82, 2.24) is 20.1 Å². The van der Waals surface area contributed by atoms with Crippen molar-refractivity contribution in [2.75, 3.05) is 26.2 Å². The maximum atomic E-state index is 12.3. The molecule has 0 spiro atoms. The van der Waals surface area contributed by atoms with E-state index in [0.29, 0.717) is 39.1 Å². The zero-order valence-electron chi connectivity index (χ0n) is 14.1. The first-order chi connectivity index (χ1) is 12.2. The lowest BCUT2D eigenvalue weighted by molar-refractivity contribution is -0.131. The van der Waals surface area contributed by atoms with Crippen LogP contribution in [0.3, 0.4) is 0 Å². The lowest BCUT2D eigenvalue weighted by atomic mass is 10.2. The number of benzene rings is 1. The molecule has 0 radical (unpaired) electrons. The number of pyridine rings is 1. The van der Waals surface area contributed by atoms with Crippen molar-refractivity contribution < 1.29 is 9.59 Å². The Hall–Kier alpha value is -2.89. The summed E-state index contributed by atoms with van der Waals surface area (Å²) >= 11 is 0. The average molecular weight is 338 g/mol. The molecule has 3 rings (SSSR count). The van der Waals surface area contributed by atoms with E-state index < -0.39 is 0 Å². The lowest BCUT2D eigenvalue weighted by Crippen LogP contribution is -2.53. The summed E-state index contributed by atoms with van der Waals surface area (Å²) in [5.74, 6) is 0.0809. The standard InChI is InChI=1S/C19H22N4O2/c24-18(13-17-7-4-8-20-14-17)22-9-11-23(12-10-22)19(25)21-15-16-5-2-1-3-6-16/h1-8,14H,9-13,15H2,(H,21,25). The Labute approximate surface area is 147 Å². The van der Waals surface area contributed by atoms with Gasteiger partial charge in [-0.1, -0.05) is 36.4 Å². The first kappa shape index (κ1) is 17.0. The van der Waals surface area contributed by atoms with E-state index in [-0.39, 0.29) is 11.9 Å². The lowest BCUT2D eigenvalue weighted by Gasteiger charge is -2.34. The zero-order valence-corrected chi connectivity index (χ0v) is 14.1. The van der Waals surface area contributed by atoms with Crippen LogP contribution in [0.25, 0.3) is 0 Å². The molecule has 25 heavy (non-hydrogen) atoms. The van der Waals surface area contributed by atoms with Gasteiger partial charge < -0.3 is 15.1 Å². The number of nitrogens with zero attached hydrogens (tertiary/aromatic N) is 3. The molecule has 6 nitrogen and oxygen atoms in total. The highest BCUT2D eigenvalue weighted by molar-refractivity contribution is 5.79. The summed E-state index contributed by atoms with van der Waals surface area (Å²) in [5.41, 5.74) is 1.98. The summed E-state index contributed by atoms with van der Waals surface area (Å²) in [6, 6.07) is 13.5. The number of aromatic nitrogens is 1. The number of urea groups is 1. The predicted molar refractivity (Wildman–Crippen MR) is 94.8 cm³/mol. The summed E-state index contributed by atoms with van der Waals surface area (Å²) in [6.07, 6.45) is 3.76.